The van der Waals surface area contributed by atoms with Gasteiger partial charge < -0.3 is 5.73 Å². The molecule has 0 heterocycles. The van der Waals surface area contributed by atoms with Gasteiger partial charge in [0.1, 0.15) is 12.1 Å². The maximum Gasteiger partial charge on any atom is 0.102 e. The molecule has 0 saturated carbocycles. The van der Waals surface area contributed by atoms with Crippen LogP contribution >= 0.6 is 23.2 Å². The third kappa shape index (κ3) is 3.04. The summed E-state index contributed by atoms with van der Waals surface area (Å²) >= 11 is 12.3. The van der Waals surface area contributed by atoms with Gasteiger partial charge in [-0.15, -0.1) is 0 Å². The summed E-state index contributed by atoms with van der Waals surface area (Å²) in [4.78, 5) is 0. The van der Waals surface area contributed by atoms with E-state index >= 15 is 0 Å². The molecule has 0 aliphatic carbocycles. The molecule has 0 aliphatic rings. The predicted octanol–water partition coefficient (Wildman–Crippen LogP) is 5.65. The van der Waals surface area contributed by atoms with E-state index in [9.17, 15) is 10.5 Å². The second-order valence-electron chi connectivity index (χ2n) is 5.35. The number of halogens is 2. The van der Waals surface area contributed by atoms with Crippen LogP contribution in [-0.2, 0) is 0 Å². The Morgan fingerprint density at radius 3 is 2.00 bits per heavy atom. The normalized spacial score (nSPS) is 10.1. The molecule has 0 unspecified atom stereocenters. The zero-order valence-corrected chi connectivity index (χ0v) is 14.4. The average molecular weight is 364 g/mol. The molecule has 0 spiro atoms. The SMILES string of the molecule is N#Cc1c(-c2ccccc2)cc(-c2ccc(Cl)cc2Cl)c(C#N)c1N. The third-order valence-electron chi connectivity index (χ3n) is 3.90. The lowest BCUT2D eigenvalue weighted by molar-refractivity contribution is 1.44. The summed E-state index contributed by atoms with van der Waals surface area (Å²) in [5.74, 6) is 0. The lowest BCUT2D eigenvalue weighted by atomic mass is 9.89. The van der Waals surface area contributed by atoms with Crippen molar-refractivity contribution in [2.24, 2.45) is 0 Å². The van der Waals surface area contributed by atoms with E-state index in [1.54, 1.807) is 24.3 Å². The number of rotatable bonds is 2. The Bertz CT molecular complexity index is 1050. The number of nitriles is 2. The second kappa shape index (κ2) is 6.87. The van der Waals surface area contributed by atoms with Gasteiger partial charge in [-0.25, -0.2) is 0 Å². The van der Waals surface area contributed by atoms with E-state index in [-0.39, 0.29) is 16.8 Å². The van der Waals surface area contributed by atoms with E-state index in [1.165, 1.54) is 0 Å². The molecule has 0 saturated heterocycles. The first-order valence-corrected chi connectivity index (χ1v) is 8.10. The van der Waals surface area contributed by atoms with Crippen LogP contribution in [0.4, 0.5) is 5.69 Å². The number of nitrogens with zero attached hydrogens (tertiary/aromatic N) is 2. The number of anilines is 1. The Labute approximate surface area is 155 Å². The first kappa shape index (κ1) is 16.9. The molecule has 3 aromatic rings. The minimum Gasteiger partial charge on any atom is -0.397 e. The van der Waals surface area contributed by atoms with Crippen molar-refractivity contribution in [3.05, 3.63) is 75.8 Å². The summed E-state index contributed by atoms with van der Waals surface area (Å²) in [6.07, 6.45) is 0. The summed E-state index contributed by atoms with van der Waals surface area (Å²) in [6.45, 7) is 0. The molecule has 0 radical (unpaired) electrons. The smallest absolute Gasteiger partial charge is 0.102 e. The topological polar surface area (TPSA) is 73.6 Å². The van der Waals surface area contributed by atoms with Crippen molar-refractivity contribution in [3.63, 3.8) is 0 Å². The minimum absolute atomic E-state index is 0.146. The molecule has 0 aromatic heterocycles. The highest BCUT2D eigenvalue weighted by molar-refractivity contribution is 6.36. The lowest BCUT2D eigenvalue weighted by Gasteiger charge is -2.15. The van der Waals surface area contributed by atoms with Crippen LogP contribution in [0, 0.1) is 22.7 Å². The highest BCUT2D eigenvalue weighted by Crippen LogP contribution is 2.40. The van der Waals surface area contributed by atoms with Crippen molar-refractivity contribution in [1.82, 2.24) is 0 Å². The molecular weight excluding hydrogens is 353 g/mol. The van der Waals surface area contributed by atoms with E-state index < -0.39 is 0 Å². The van der Waals surface area contributed by atoms with Gasteiger partial charge in [0.05, 0.1) is 16.8 Å². The van der Waals surface area contributed by atoms with Crippen LogP contribution in [0.15, 0.2) is 54.6 Å². The number of benzene rings is 3. The molecule has 3 nitrogen and oxygen atoms in total. The van der Waals surface area contributed by atoms with Crippen molar-refractivity contribution in [3.8, 4) is 34.4 Å². The first-order valence-electron chi connectivity index (χ1n) is 7.34. The Balaban J connectivity index is 2.39. The van der Waals surface area contributed by atoms with Gasteiger partial charge >= 0.3 is 0 Å². The zero-order chi connectivity index (χ0) is 18.0. The zero-order valence-electron chi connectivity index (χ0n) is 12.9. The molecular formula is C20H11Cl2N3. The van der Waals surface area contributed by atoms with Crippen LogP contribution in [-0.4, -0.2) is 0 Å². The molecule has 120 valence electrons. The van der Waals surface area contributed by atoms with Gasteiger partial charge in [-0.3, -0.25) is 0 Å². The van der Waals surface area contributed by atoms with Gasteiger partial charge in [-0.2, -0.15) is 10.5 Å². The summed E-state index contributed by atoms with van der Waals surface area (Å²) in [5, 5.41) is 20.0. The van der Waals surface area contributed by atoms with Crippen molar-refractivity contribution < 1.29 is 0 Å². The Hall–Kier alpha value is -2.98. The Morgan fingerprint density at radius 2 is 1.40 bits per heavy atom. The predicted molar refractivity (Wildman–Crippen MR) is 101 cm³/mol. The van der Waals surface area contributed by atoms with Crippen molar-refractivity contribution >= 4 is 28.9 Å². The molecule has 25 heavy (non-hydrogen) atoms. The molecule has 3 aromatic carbocycles. The molecule has 0 fully saturated rings. The lowest BCUT2D eigenvalue weighted by Crippen LogP contribution is -2.01. The molecule has 0 aliphatic heterocycles. The number of hydrogen-bond acceptors (Lipinski definition) is 3. The fourth-order valence-electron chi connectivity index (χ4n) is 2.71. The van der Waals surface area contributed by atoms with E-state index in [0.29, 0.717) is 26.7 Å². The summed E-state index contributed by atoms with van der Waals surface area (Å²) in [5.41, 5.74) is 9.48. The highest BCUT2D eigenvalue weighted by atomic mass is 35.5. The van der Waals surface area contributed by atoms with Gasteiger partial charge in [0.2, 0.25) is 0 Å². The molecule has 0 amide bonds. The van der Waals surface area contributed by atoms with E-state index in [2.05, 4.69) is 12.1 Å². The third-order valence-corrected chi connectivity index (χ3v) is 4.44. The molecule has 0 bridgehead atoms. The van der Waals surface area contributed by atoms with Crippen LogP contribution in [0.1, 0.15) is 11.1 Å². The quantitative estimate of drug-likeness (QED) is 0.597. The standard InChI is InChI=1S/C20H11Cl2N3/c21-13-6-7-14(19(22)8-13)16-9-15(12-4-2-1-3-5-12)17(10-23)20(25)18(16)11-24/h1-9H,25H2. The van der Waals surface area contributed by atoms with Gasteiger partial charge in [0.15, 0.2) is 0 Å². The monoisotopic (exact) mass is 363 g/mol. The van der Waals surface area contributed by atoms with Gasteiger partial charge in [0.25, 0.3) is 0 Å². The number of hydrogen-bond donors (Lipinski definition) is 1. The summed E-state index contributed by atoms with van der Waals surface area (Å²) in [6, 6.07) is 20.4. The van der Waals surface area contributed by atoms with Crippen molar-refractivity contribution in [2.45, 2.75) is 0 Å². The number of nitrogen functional groups attached to an aromatic ring is 1. The highest BCUT2D eigenvalue weighted by Gasteiger charge is 2.19. The Kier molecular flexibility index (Phi) is 4.63. The maximum atomic E-state index is 9.58. The second-order valence-corrected chi connectivity index (χ2v) is 6.19. The van der Waals surface area contributed by atoms with Crippen LogP contribution in [0.25, 0.3) is 22.3 Å². The fraction of sp³-hybridized carbons (Fsp3) is 0. The van der Waals surface area contributed by atoms with Crippen LogP contribution in [0.5, 0.6) is 0 Å². The summed E-state index contributed by atoms with van der Waals surface area (Å²) in [7, 11) is 0. The van der Waals surface area contributed by atoms with Crippen LogP contribution in [0.3, 0.4) is 0 Å². The molecule has 3 rings (SSSR count). The Morgan fingerprint density at radius 1 is 0.760 bits per heavy atom. The fourth-order valence-corrected chi connectivity index (χ4v) is 3.22. The maximum absolute atomic E-state index is 9.58. The van der Waals surface area contributed by atoms with E-state index in [4.69, 9.17) is 28.9 Å². The van der Waals surface area contributed by atoms with Crippen LogP contribution in [0.2, 0.25) is 10.0 Å². The first-order chi connectivity index (χ1) is 12.1. The van der Waals surface area contributed by atoms with Crippen LogP contribution < -0.4 is 5.73 Å². The molecule has 5 heteroatoms. The van der Waals surface area contributed by atoms with Gasteiger partial charge in [-0.1, -0.05) is 59.6 Å². The van der Waals surface area contributed by atoms with Crippen molar-refractivity contribution in [1.29, 1.82) is 10.5 Å². The minimum atomic E-state index is 0.146. The largest absolute Gasteiger partial charge is 0.397 e. The van der Waals surface area contributed by atoms with Crippen molar-refractivity contribution in [2.75, 3.05) is 5.73 Å². The van der Waals surface area contributed by atoms with Gasteiger partial charge in [-0.05, 0) is 23.8 Å². The molecule has 0 atom stereocenters. The summed E-state index contributed by atoms with van der Waals surface area (Å²) < 4.78 is 0. The van der Waals surface area contributed by atoms with Gasteiger partial charge in [0, 0.05) is 26.7 Å². The average Bonchev–Trinajstić information content (AvgIpc) is 2.62. The van der Waals surface area contributed by atoms with E-state index in [1.807, 2.05) is 30.3 Å². The molecule has 2 N–H and O–H groups in total. The number of nitrogens with two attached hydrogens (primary N) is 1. The van der Waals surface area contributed by atoms with E-state index in [0.717, 1.165) is 5.56 Å².